The van der Waals surface area contributed by atoms with Gasteiger partial charge in [-0.2, -0.15) is 0 Å². The first-order chi connectivity index (χ1) is 4.63. The number of rotatable bonds is 0. The van der Waals surface area contributed by atoms with E-state index in [9.17, 15) is 4.39 Å². The van der Waals surface area contributed by atoms with Crippen molar-refractivity contribution in [3.05, 3.63) is 32.5 Å². The molecule has 10 heavy (non-hydrogen) atoms. The zero-order valence-corrected chi connectivity index (χ0v) is 8.46. The Morgan fingerprint density at radius 1 is 1.30 bits per heavy atom. The van der Waals surface area contributed by atoms with Crippen molar-refractivity contribution in [3.8, 4) is 0 Å². The molecule has 0 aliphatic carbocycles. The molecule has 0 amide bonds. The molecule has 3 heteroatoms. The summed E-state index contributed by atoms with van der Waals surface area (Å²) in [6.07, 6.45) is 0. The quantitative estimate of drug-likeness (QED) is 0.630. The molecule has 0 nitrogen and oxygen atoms in total. The van der Waals surface area contributed by atoms with Crippen LogP contribution in [0.3, 0.4) is 0 Å². The zero-order chi connectivity index (χ0) is 7.72. The van der Waals surface area contributed by atoms with E-state index in [1.165, 1.54) is 6.07 Å². The molecule has 0 heterocycles. The highest BCUT2D eigenvalue weighted by atomic mass is 79.9. The highest BCUT2D eigenvalue weighted by Gasteiger charge is 2.03. The number of halogens is 3. The maximum atomic E-state index is 12.7. The highest BCUT2D eigenvalue weighted by molar-refractivity contribution is 9.11. The minimum absolute atomic E-state index is 0.222. The summed E-state index contributed by atoms with van der Waals surface area (Å²) in [6, 6.07) is 3.11. The van der Waals surface area contributed by atoms with Crippen LogP contribution in [0.25, 0.3) is 0 Å². The first-order valence-corrected chi connectivity index (χ1v) is 4.31. The predicted molar refractivity (Wildman–Crippen MR) is 46.5 cm³/mol. The summed E-state index contributed by atoms with van der Waals surface area (Å²) in [4.78, 5) is 0. The van der Waals surface area contributed by atoms with Crippen LogP contribution in [-0.4, -0.2) is 0 Å². The van der Waals surface area contributed by atoms with E-state index in [1.807, 2.05) is 6.92 Å². The lowest BCUT2D eigenvalue weighted by Crippen LogP contribution is -1.82. The van der Waals surface area contributed by atoms with Gasteiger partial charge in [0.25, 0.3) is 0 Å². The normalized spacial score (nSPS) is 10.0. The summed E-state index contributed by atoms with van der Waals surface area (Å²) < 4.78 is 14.1. The molecule has 1 rings (SSSR count). The third-order valence-electron chi connectivity index (χ3n) is 1.27. The molecule has 0 unspecified atom stereocenters. The van der Waals surface area contributed by atoms with Crippen LogP contribution >= 0.6 is 31.9 Å². The van der Waals surface area contributed by atoms with Crippen molar-refractivity contribution in [2.75, 3.05) is 0 Å². The number of benzene rings is 1. The Morgan fingerprint density at radius 2 is 1.90 bits per heavy atom. The summed E-state index contributed by atoms with van der Waals surface area (Å²) in [6.45, 7) is 1.84. The summed E-state index contributed by atoms with van der Waals surface area (Å²) in [7, 11) is 0. The molecular weight excluding hydrogens is 263 g/mol. The van der Waals surface area contributed by atoms with E-state index in [0.717, 1.165) is 10.0 Å². The maximum absolute atomic E-state index is 12.7. The van der Waals surface area contributed by atoms with E-state index in [0.29, 0.717) is 4.47 Å². The van der Waals surface area contributed by atoms with Crippen molar-refractivity contribution in [3.63, 3.8) is 0 Å². The molecule has 0 saturated heterocycles. The molecule has 0 aromatic heterocycles. The predicted octanol–water partition coefficient (Wildman–Crippen LogP) is 3.66. The lowest BCUT2D eigenvalue weighted by Gasteiger charge is -2.00. The molecule has 0 atom stereocenters. The van der Waals surface area contributed by atoms with Crippen LogP contribution in [0.2, 0.25) is 0 Å². The van der Waals surface area contributed by atoms with Crippen LogP contribution in [0.5, 0.6) is 0 Å². The summed E-state index contributed by atoms with van der Waals surface area (Å²) in [5.41, 5.74) is 0.889. The Morgan fingerprint density at radius 3 is 2.40 bits per heavy atom. The minimum Gasteiger partial charge on any atom is -0.206 e. The third-order valence-corrected chi connectivity index (χ3v) is 3.11. The molecular formula is C7H5Br2F. The summed E-state index contributed by atoms with van der Waals surface area (Å²) in [5, 5.41) is 0. The number of hydrogen-bond acceptors (Lipinski definition) is 0. The highest BCUT2D eigenvalue weighted by Crippen LogP contribution is 2.26. The average molecular weight is 268 g/mol. The Labute approximate surface area is 75.7 Å². The van der Waals surface area contributed by atoms with Gasteiger partial charge in [-0.1, -0.05) is 15.9 Å². The first-order valence-electron chi connectivity index (χ1n) is 2.73. The molecule has 0 aliphatic heterocycles. The molecule has 54 valence electrons. The van der Waals surface area contributed by atoms with E-state index in [1.54, 1.807) is 6.07 Å². The van der Waals surface area contributed by atoms with Gasteiger partial charge >= 0.3 is 0 Å². The van der Waals surface area contributed by atoms with E-state index >= 15 is 0 Å². The Kier molecular flexibility index (Phi) is 2.47. The van der Waals surface area contributed by atoms with Gasteiger partial charge < -0.3 is 0 Å². The second-order valence-electron chi connectivity index (χ2n) is 1.97. The Bertz CT molecular complexity index is 231. The zero-order valence-electron chi connectivity index (χ0n) is 5.29. The van der Waals surface area contributed by atoms with E-state index in [4.69, 9.17) is 0 Å². The molecule has 0 radical (unpaired) electrons. The van der Waals surface area contributed by atoms with E-state index < -0.39 is 0 Å². The van der Waals surface area contributed by atoms with Gasteiger partial charge in [0.1, 0.15) is 5.82 Å². The van der Waals surface area contributed by atoms with Gasteiger partial charge in [0.15, 0.2) is 0 Å². The van der Waals surface area contributed by atoms with Crippen LogP contribution in [0.4, 0.5) is 4.39 Å². The van der Waals surface area contributed by atoms with Crippen LogP contribution in [-0.2, 0) is 0 Å². The largest absolute Gasteiger partial charge is 0.206 e. The monoisotopic (exact) mass is 266 g/mol. The lowest BCUT2D eigenvalue weighted by atomic mass is 10.2. The Balaban J connectivity index is 3.34. The van der Waals surface area contributed by atoms with Gasteiger partial charge in [0.05, 0.1) is 4.47 Å². The minimum atomic E-state index is -0.222. The van der Waals surface area contributed by atoms with Gasteiger partial charge in [-0.25, -0.2) is 4.39 Å². The second kappa shape index (κ2) is 3.01. The average Bonchev–Trinajstić information content (AvgIpc) is 1.93. The van der Waals surface area contributed by atoms with Crippen molar-refractivity contribution in [2.24, 2.45) is 0 Å². The molecule has 1 aromatic rings. The van der Waals surface area contributed by atoms with E-state index in [2.05, 4.69) is 31.9 Å². The van der Waals surface area contributed by atoms with Gasteiger partial charge in [0.2, 0.25) is 0 Å². The fourth-order valence-electron chi connectivity index (χ4n) is 0.628. The summed E-state index contributed by atoms with van der Waals surface area (Å²) >= 11 is 6.41. The van der Waals surface area contributed by atoms with Crippen molar-refractivity contribution in [1.82, 2.24) is 0 Å². The fourth-order valence-corrected chi connectivity index (χ4v) is 1.57. The number of hydrogen-bond donors (Lipinski definition) is 0. The van der Waals surface area contributed by atoms with Gasteiger partial charge in [0, 0.05) is 4.47 Å². The van der Waals surface area contributed by atoms with Gasteiger partial charge in [-0.15, -0.1) is 0 Å². The SMILES string of the molecule is Cc1c(Br)ccc(F)c1Br. The standard InChI is InChI=1S/C7H5Br2F/c1-4-5(8)2-3-6(10)7(4)9/h2-3H,1H3. The fraction of sp³-hybridized carbons (Fsp3) is 0.143. The van der Waals surface area contributed by atoms with Crippen LogP contribution in [0.1, 0.15) is 5.56 Å². The maximum Gasteiger partial charge on any atom is 0.137 e. The smallest absolute Gasteiger partial charge is 0.137 e. The Hall–Kier alpha value is 0.110. The van der Waals surface area contributed by atoms with Crippen molar-refractivity contribution in [2.45, 2.75) is 6.92 Å². The molecule has 0 bridgehead atoms. The van der Waals surface area contributed by atoms with Crippen molar-refractivity contribution in [1.29, 1.82) is 0 Å². The molecule has 0 aliphatic rings. The van der Waals surface area contributed by atoms with Crippen LogP contribution in [0, 0.1) is 12.7 Å². The van der Waals surface area contributed by atoms with Gasteiger partial charge in [-0.3, -0.25) is 0 Å². The topological polar surface area (TPSA) is 0 Å². The molecule has 0 saturated carbocycles. The molecule has 1 aromatic carbocycles. The van der Waals surface area contributed by atoms with Gasteiger partial charge in [-0.05, 0) is 40.5 Å². The second-order valence-corrected chi connectivity index (χ2v) is 3.62. The van der Waals surface area contributed by atoms with Crippen LogP contribution < -0.4 is 0 Å². The molecule has 0 N–H and O–H groups in total. The van der Waals surface area contributed by atoms with Crippen molar-refractivity contribution < 1.29 is 4.39 Å². The molecule has 0 spiro atoms. The van der Waals surface area contributed by atoms with Crippen molar-refractivity contribution >= 4 is 31.9 Å². The molecule has 0 fully saturated rings. The van der Waals surface area contributed by atoms with Crippen LogP contribution in [0.15, 0.2) is 21.1 Å². The van der Waals surface area contributed by atoms with E-state index in [-0.39, 0.29) is 5.82 Å². The third kappa shape index (κ3) is 1.40. The first kappa shape index (κ1) is 8.21. The lowest BCUT2D eigenvalue weighted by molar-refractivity contribution is 0.619. The summed E-state index contributed by atoms with van der Waals surface area (Å²) in [5.74, 6) is -0.222.